The van der Waals surface area contributed by atoms with Crippen molar-refractivity contribution >= 4 is 5.82 Å². The Bertz CT molecular complexity index is 318. The van der Waals surface area contributed by atoms with Gasteiger partial charge in [0.15, 0.2) is 0 Å². The largest absolute Gasteiger partial charge is 0.396 e. The smallest absolute Gasteiger partial charge is 0.128 e. The highest BCUT2D eigenvalue weighted by Gasteiger charge is 2.19. The van der Waals surface area contributed by atoms with Crippen LogP contribution in [0.5, 0.6) is 0 Å². The topological polar surface area (TPSA) is 56.6 Å². The monoisotopic (exact) mass is 222 g/mol. The van der Waals surface area contributed by atoms with Crippen molar-refractivity contribution in [2.75, 3.05) is 24.6 Å². The molecule has 4 nitrogen and oxygen atoms in total. The first-order valence-corrected chi connectivity index (χ1v) is 5.75. The number of pyridine rings is 1. The third-order valence-electron chi connectivity index (χ3n) is 3.19. The van der Waals surface area contributed by atoms with Crippen LogP contribution in [0.4, 0.5) is 5.82 Å². The molecule has 0 spiro atoms. The lowest BCUT2D eigenvalue weighted by Crippen LogP contribution is -2.35. The molecule has 1 saturated heterocycles. The van der Waals surface area contributed by atoms with Gasteiger partial charge in [-0.1, -0.05) is 6.07 Å². The molecule has 1 aliphatic rings. The second-order valence-corrected chi connectivity index (χ2v) is 4.30. The Morgan fingerprint density at radius 1 is 1.25 bits per heavy atom. The van der Waals surface area contributed by atoms with Crippen LogP contribution in [0, 0.1) is 5.92 Å². The molecular weight excluding hydrogens is 204 g/mol. The number of aromatic nitrogens is 1. The zero-order chi connectivity index (χ0) is 11.4. The van der Waals surface area contributed by atoms with E-state index in [4.69, 9.17) is 10.2 Å². The van der Waals surface area contributed by atoms with Gasteiger partial charge in [-0.25, -0.2) is 4.98 Å². The zero-order valence-electron chi connectivity index (χ0n) is 9.34. The number of piperidine rings is 1. The van der Waals surface area contributed by atoms with Gasteiger partial charge in [0.05, 0.1) is 6.61 Å². The van der Waals surface area contributed by atoms with Crippen molar-refractivity contribution in [2.45, 2.75) is 19.4 Å². The fraction of sp³-hybridized carbons (Fsp3) is 0.583. The van der Waals surface area contributed by atoms with E-state index in [0.717, 1.165) is 37.3 Å². The maximum Gasteiger partial charge on any atom is 0.128 e. The molecule has 4 heteroatoms. The molecule has 1 aliphatic heterocycles. The number of hydrogen-bond donors (Lipinski definition) is 2. The average molecular weight is 222 g/mol. The minimum absolute atomic E-state index is 0.0415. The second kappa shape index (κ2) is 5.27. The predicted molar refractivity (Wildman–Crippen MR) is 62.2 cm³/mol. The van der Waals surface area contributed by atoms with E-state index in [9.17, 15) is 0 Å². The third kappa shape index (κ3) is 2.51. The second-order valence-electron chi connectivity index (χ2n) is 4.30. The number of nitrogens with zero attached hydrogens (tertiary/aromatic N) is 2. The van der Waals surface area contributed by atoms with E-state index in [1.165, 1.54) is 0 Å². The highest BCUT2D eigenvalue weighted by molar-refractivity contribution is 5.39. The van der Waals surface area contributed by atoms with Crippen LogP contribution < -0.4 is 4.90 Å². The normalized spacial score (nSPS) is 17.8. The van der Waals surface area contributed by atoms with E-state index < -0.39 is 0 Å². The summed E-state index contributed by atoms with van der Waals surface area (Å²) in [5, 5.41) is 18.0. The molecule has 1 fully saturated rings. The lowest BCUT2D eigenvalue weighted by atomic mass is 9.98. The molecule has 0 amide bonds. The van der Waals surface area contributed by atoms with E-state index in [2.05, 4.69) is 9.88 Å². The molecule has 0 aliphatic carbocycles. The van der Waals surface area contributed by atoms with E-state index in [0.29, 0.717) is 12.5 Å². The molecule has 2 N–H and O–H groups in total. The maximum atomic E-state index is 9.05. The average Bonchev–Trinajstić information content (AvgIpc) is 2.39. The molecule has 1 aromatic rings. The Kier molecular flexibility index (Phi) is 3.74. The highest BCUT2D eigenvalue weighted by atomic mass is 16.3. The first-order chi connectivity index (χ1) is 7.83. The Balaban J connectivity index is 1.97. The van der Waals surface area contributed by atoms with Crippen LogP contribution >= 0.6 is 0 Å². The molecule has 0 saturated carbocycles. The molecule has 0 bridgehead atoms. The zero-order valence-corrected chi connectivity index (χ0v) is 9.34. The van der Waals surface area contributed by atoms with Crippen molar-refractivity contribution in [3.05, 3.63) is 23.9 Å². The quantitative estimate of drug-likeness (QED) is 0.793. The fourth-order valence-electron chi connectivity index (χ4n) is 2.04. The number of aliphatic hydroxyl groups is 2. The molecule has 88 valence electrons. The number of anilines is 1. The summed E-state index contributed by atoms with van der Waals surface area (Å²) in [6, 6.07) is 3.85. The van der Waals surface area contributed by atoms with Gasteiger partial charge in [0.1, 0.15) is 5.82 Å². The van der Waals surface area contributed by atoms with Gasteiger partial charge in [-0.15, -0.1) is 0 Å². The molecular formula is C12H18N2O2. The lowest BCUT2D eigenvalue weighted by molar-refractivity contribution is 0.203. The van der Waals surface area contributed by atoms with Crippen molar-refractivity contribution in [1.29, 1.82) is 0 Å². The minimum atomic E-state index is 0.0415. The van der Waals surface area contributed by atoms with Crippen LogP contribution in [0.3, 0.4) is 0 Å². The van der Waals surface area contributed by atoms with Crippen molar-refractivity contribution in [2.24, 2.45) is 5.92 Å². The standard InChI is InChI=1S/C12H18N2O2/c15-8-10-3-5-14(6-4-10)12-2-1-11(9-16)7-13-12/h1-2,7,10,15-16H,3-6,8-9H2. The summed E-state index contributed by atoms with van der Waals surface area (Å²) in [7, 11) is 0. The molecule has 2 heterocycles. The first kappa shape index (κ1) is 11.4. The number of hydrogen-bond acceptors (Lipinski definition) is 4. The Morgan fingerprint density at radius 3 is 2.50 bits per heavy atom. The van der Waals surface area contributed by atoms with E-state index in [-0.39, 0.29) is 6.61 Å². The summed E-state index contributed by atoms with van der Waals surface area (Å²) in [6.45, 7) is 2.25. The van der Waals surface area contributed by atoms with Gasteiger partial charge in [0.25, 0.3) is 0 Å². The minimum Gasteiger partial charge on any atom is -0.396 e. The van der Waals surface area contributed by atoms with Crippen molar-refractivity contribution in [3.63, 3.8) is 0 Å². The third-order valence-corrected chi connectivity index (χ3v) is 3.19. The van der Waals surface area contributed by atoms with Crippen molar-refractivity contribution < 1.29 is 10.2 Å². The fourth-order valence-corrected chi connectivity index (χ4v) is 2.04. The summed E-state index contributed by atoms with van der Waals surface area (Å²) in [4.78, 5) is 6.56. The van der Waals surface area contributed by atoms with Crippen molar-refractivity contribution in [3.8, 4) is 0 Å². The molecule has 0 radical (unpaired) electrons. The summed E-state index contributed by atoms with van der Waals surface area (Å²) in [5.41, 5.74) is 0.842. The van der Waals surface area contributed by atoms with Gasteiger partial charge in [-0.2, -0.15) is 0 Å². The highest BCUT2D eigenvalue weighted by Crippen LogP contribution is 2.21. The Labute approximate surface area is 95.5 Å². The van der Waals surface area contributed by atoms with Crippen molar-refractivity contribution in [1.82, 2.24) is 4.98 Å². The van der Waals surface area contributed by atoms with E-state index in [1.54, 1.807) is 6.20 Å². The van der Waals surface area contributed by atoms with Crippen LogP contribution in [-0.2, 0) is 6.61 Å². The summed E-state index contributed by atoms with van der Waals surface area (Å²) < 4.78 is 0. The molecule has 0 atom stereocenters. The molecule has 0 aromatic carbocycles. The van der Waals surface area contributed by atoms with Gasteiger partial charge in [0.2, 0.25) is 0 Å². The Hall–Kier alpha value is -1.13. The van der Waals surface area contributed by atoms with E-state index in [1.807, 2.05) is 12.1 Å². The maximum absolute atomic E-state index is 9.05. The molecule has 2 rings (SSSR count). The van der Waals surface area contributed by atoms with Gasteiger partial charge in [-0.3, -0.25) is 0 Å². The summed E-state index contributed by atoms with van der Waals surface area (Å²) >= 11 is 0. The number of aliphatic hydroxyl groups excluding tert-OH is 2. The summed E-state index contributed by atoms with van der Waals surface area (Å²) in [6.07, 6.45) is 3.77. The number of rotatable bonds is 3. The molecule has 1 aromatic heterocycles. The van der Waals surface area contributed by atoms with Gasteiger partial charge in [0, 0.05) is 25.9 Å². The van der Waals surface area contributed by atoms with Gasteiger partial charge >= 0.3 is 0 Å². The van der Waals surface area contributed by atoms with Gasteiger partial charge in [-0.05, 0) is 30.4 Å². The van der Waals surface area contributed by atoms with Crippen LogP contribution in [0.25, 0.3) is 0 Å². The van der Waals surface area contributed by atoms with Gasteiger partial charge < -0.3 is 15.1 Å². The van der Waals surface area contributed by atoms with E-state index >= 15 is 0 Å². The summed E-state index contributed by atoms with van der Waals surface area (Å²) in [5.74, 6) is 1.42. The Morgan fingerprint density at radius 2 is 2.00 bits per heavy atom. The SMILES string of the molecule is OCc1ccc(N2CCC(CO)CC2)nc1. The van der Waals surface area contributed by atoms with Crippen LogP contribution in [0.1, 0.15) is 18.4 Å². The molecule has 16 heavy (non-hydrogen) atoms. The van der Waals surface area contributed by atoms with Crippen LogP contribution in [0.2, 0.25) is 0 Å². The van der Waals surface area contributed by atoms with Crippen LogP contribution in [-0.4, -0.2) is 34.9 Å². The molecule has 0 unspecified atom stereocenters. The first-order valence-electron chi connectivity index (χ1n) is 5.75. The lowest BCUT2D eigenvalue weighted by Gasteiger charge is -2.31. The van der Waals surface area contributed by atoms with Crippen LogP contribution in [0.15, 0.2) is 18.3 Å². The predicted octanol–water partition coefficient (Wildman–Crippen LogP) is 0.783.